The van der Waals surface area contributed by atoms with Crippen molar-refractivity contribution >= 4 is 11.0 Å². The summed E-state index contributed by atoms with van der Waals surface area (Å²) in [5.74, 6) is 0.633. The van der Waals surface area contributed by atoms with Crippen LogP contribution in [0.3, 0.4) is 0 Å². The topological polar surface area (TPSA) is 30.2 Å². The average molecular weight is 320 g/mol. The number of para-hydroxylation sites is 1. The highest BCUT2D eigenvalue weighted by molar-refractivity contribution is 5.78. The summed E-state index contributed by atoms with van der Waals surface area (Å²) in [4.78, 5) is 12.2. The third-order valence-electron chi connectivity index (χ3n) is 4.44. The van der Waals surface area contributed by atoms with Gasteiger partial charge in [0.1, 0.15) is 11.3 Å². The van der Waals surface area contributed by atoms with Crippen molar-refractivity contribution in [2.75, 3.05) is 0 Å². The van der Waals surface area contributed by atoms with E-state index < -0.39 is 0 Å². The molecule has 0 fully saturated rings. The van der Waals surface area contributed by atoms with Crippen LogP contribution in [-0.2, 0) is 6.42 Å². The Morgan fingerprint density at radius 1 is 0.875 bits per heavy atom. The number of unbranched alkanes of at least 4 members (excludes halogenated alkanes) is 4. The van der Waals surface area contributed by atoms with Crippen LogP contribution >= 0.6 is 0 Å². The van der Waals surface area contributed by atoms with Gasteiger partial charge in [-0.3, -0.25) is 4.79 Å². The van der Waals surface area contributed by atoms with E-state index in [4.69, 9.17) is 4.42 Å². The molecule has 3 aromatic rings. The van der Waals surface area contributed by atoms with Crippen LogP contribution in [0.25, 0.3) is 22.3 Å². The van der Waals surface area contributed by atoms with E-state index in [1.807, 2.05) is 18.2 Å². The van der Waals surface area contributed by atoms with Crippen molar-refractivity contribution in [2.24, 2.45) is 0 Å². The van der Waals surface area contributed by atoms with E-state index >= 15 is 0 Å². The van der Waals surface area contributed by atoms with Gasteiger partial charge in [-0.05, 0) is 30.5 Å². The zero-order valence-electron chi connectivity index (χ0n) is 14.3. The minimum absolute atomic E-state index is 0.00634. The molecule has 1 heterocycles. The third-order valence-corrected chi connectivity index (χ3v) is 4.44. The van der Waals surface area contributed by atoms with Gasteiger partial charge in [0.05, 0.1) is 5.39 Å². The Morgan fingerprint density at radius 2 is 1.62 bits per heavy atom. The third kappa shape index (κ3) is 3.94. The van der Waals surface area contributed by atoms with Crippen molar-refractivity contribution in [3.05, 3.63) is 70.4 Å². The summed E-state index contributed by atoms with van der Waals surface area (Å²) < 4.78 is 5.89. The second kappa shape index (κ2) is 7.96. The smallest absolute Gasteiger partial charge is 0.193 e. The minimum Gasteiger partial charge on any atom is -0.456 e. The molecular formula is C22H24O2. The quantitative estimate of drug-likeness (QED) is 0.502. The number of benzene rings is 2. The summed E-state index contributed by atoms with van der Waals surface area (Å²) in [6.45, 7) is 2.24. The van der Waals surface area contributed by atoms with Gasteiger partial charge >= 0.3 is 0 Å². The van der Waals surface area contributed by atoms with E-state index in [1.165, 1.54) is 37.7 Å². The summed E-state index contributed by atoms with van der Waals surface area (Å²) >= 11 is 0. The van der Waals surface area contributed by atoms with Crippen LogP contribution < -0.4 is 5.43 Å². The fourth-order valence-corrected chi connectivity index (χ4v) is 3.01. The molecule has 0 aliphatic heterocycles. The lowest BCUT2D eigenvalue weighted by Gasteiger charge is -2.05. The molecule has 0 N–H and O–H groups in total. The number of fused-ring (bicyclic) bond motifs is 1. The predicted molar refractivity (Wildman–Crippen MR) is 100 cm³/mol. The Kier molecular flexibility index (Phi) is 5.47. The van der Waals surface area contributed by atoms with Gasteiger partial charge in [0.15, 0.2) is 5.43 Å². The van der Waals surface area contributed by atoms with E-state index in [2.05, 4.69) is 31.2 Å². The first kappa shape index (κ1) is 16.5. The first-order valence-corrected chi connectivity index (χ1v) is 8.90. The maximum atomic E-state index is 12.2. The fourth-order valence-electron chi connectivity index (χ4n) is 3.01. The van der Waals surface area contributed by atoms with E-state index in [0.717, 1.165) is 12.0 Å². The molecule has 0 spiro atoms. The highest BCUT2D eigenvalue weighted by Crippen LogP contribution is 2.23. The molecule has 2 nitrogen and oxygen atoms in total. The molecule has 1 aromatic heterocycles. The van der Waals surface area contributed by atoms with E-state index in [1.54, 1.807) is 12.1 Å². The fraction of sp³-hybridized carbons (Fsp3) is 0.318. The number of rotatable bonds is 7. The Balaban J connectivity index is 1.73. The molecule has 0 aliphatic carbocycles. The van der Waals surface area contributed by atoms with E-state index in [0.29, 0.717) is 16.7 Å². The highest BCUT2D eigenvalue weighted by Gasteiger charge is 2.06. The van der Waals surface area contributed by atoms with Crippen molar-refractivity contribution < 1.29 is 4.42 Å². The number of hydrogen-bond acceptors (Lipinski definition) is 2. The van der Waals surface area contributed by atoms with Crippen molar-refractivity contribution in [3.63, 3.8) is 0 Å². The van der Waals surface area contributed by atoms with Crippen molar-refractivity contribution in [1.29, 1.82) is 0 Å². The maximum Gasteiger partial charge on any atom is 0.193 e. The molecule has 0 radical (unpaired) electrons. The Hall–Kier alpha value is -2.35. The van der Waals surface area contributed by atoms with Gasteiger partial charge in [-0.1, -0.05) is 69.0 Å². The average Bonchev–Trinajstić information content (AvgIpc) is 2.62. The second-order valence-corrected chi connectivity index (χ2v) is 6.33. The Labute approximate surface area is 143 Å². The molecule has 2 heteroatoms. The summed E-state index contributed by atoms with van der Waals surface area (Å²) in [6.07, 6.45) is 7.60. The molecule has 0 unspecified atom stereocenters. The molecule has 24 heavy (non-hydrogen) atoms. The summed E-state index contributed by atoms with van der Waals surface area (Å²) in [6, 6.07) is 17.3. The van der Waals surface area contributed by atoms with Crippen molar-refractivity contribution in [3.8, 4) is 11.3 Å². The second-order valence-electron chi connectivity index (χ2n) is 6.33. The van der Waals surface area contributed by atoms with Gasteiger partial charge in [0, 0.05) is 11.6 Å². The molecule has 0 bridgehead atoms. The van der Waals surface area contributed by atoms with Gasteiger partial charge in [-0.15, -0.1) is 0 Å². The Morgan fingerprint density at radius 3 is 2.42 bits per heavy atom. The lowest BCUT2D eigenvalue weighted by atomic mass is 10.0. The predicted octanol–water partition coefficient (Wildman–Crippen LogP) is 5.97. The van der Waals surface area contributed by atoms with Gasteiger partial charge in [-0.2, -0.15) is 0 Å². The monoisotopic (exact) mass is 320 g/mol. The van der Waals surface area contributed by atoms with Crippen molar-refractivity contribution in [2.45, 2.75) is 45.4 Å². The van der Waals surface area contributed by atoms with Gasteiger partial charge in [0.2, 0.25) is 0 Å². The number of hydrogen-bond donors (Lipinski definition) is 0. The van der Waals surface area contributed by atoms with E-state index in [-0.39, 0.29) is 5.43 Å². The molecular weight excluding hydrogens is 296 g/mol. The molecule has 0 atom stereocenters. The van der Waals surface area contributed by atoms with E-state index in [9.17, 15) is 4.79 Å². The molecule has 3 rings (SSSR count). The van der Waals surface area contributed by atoms with Crippen LogP contribution in [0.15, 0.2) is 63.8 Å². The van der Waals surface area contributed by atoms with Gasteiger partial charge in [-0.25, -0.2) is 0 Å². The lowest BCUT2D eigenvalue weighted by molar-refractivity contribution is 0.618. The summed E-state index contributed by atoms with van der Waals surface area (Å²) in [7, 11) is 0. The summed E-state index contributed by atoms with van der Waals surface area (Å²) in [5, 5.41) is 0.630. The zero-order chi connectivity index (χ0) is 16.8. The minimum atomic E-state index is 0.00634. The maximum absolute atomic E-state index is 12.2. The number of aryl methyl sites for hydroxylation is 1. The molecule has 2 aromatic carbocycles. The molecule has 124 valence electrons. The molecule has 0 saturated carbocycles. The normalized spacial score (nSPS) is 11.0. The zero-order valence-corrected chi connectivity index (χ0v) is 14.3. The summed E-state index contributed by atoms with van der Waals surface area (Å²) in [5.41, 5.74) is 2.94. The lowest BCUT2D eigenvalue weighted by Crippen LogP contribution is -1.99. The van der Waals surface area contributed by atoms with Crippen LogP contribution in [0.1, 0.15) is 44.6 Å². The Bertz CT molecular complexity index is 844. The van der Waals surface area contributed by atoms with Crippen LogP contribution in [0, 0.1) is 0 Å². The van der Waals surface area contributed by atoms with Crippen LogP contribution in [0.5, 0.6) is 0 Å². The first-order valence-electron chi connectivity index (χ1n) is 8.90. The molecule has 0 saturated heterocycles. The van der Waals surface area contributed by atoms with Crippen LogP contribution in [0.2, 0.25) is 0 Å². The molecule has 0 amide bonds. The molecule has 0 aliphatic rings. The highest BCUT2D eigenvalue weighted by atomic mass is 16.3. The standard InChI is InChI=1S/C22H24O2/c1-2-3-4-5-6-9-17-12-14-18(15-13-17)22-16-20(23)19-10-7-8-11-21(19)24-22/h7-8,10-16H,2-6,9H2,1H3. The van der Waals surface area contributed by atoms with Crippen molar-refractivity contribution in [1.82, 2.24) is 0 Å². The van der Waals surface area contributed by atoms with Gasteiger partial charge in [0.25, 0.3) is 0 Å². The largest absolute Gasteiger partial charge is 0.456 e. The first-order chi connectivity index (χ1) is 11.8. The van der Waals surface area contributed by atoms with Crippen LogP contribution in [0.4, 0.5) is 0 Å². The SMILES string of the molecule is CCCCCCCc1ccc(-c2cc(=O)c3ccccc3o2)cc1. The van der Waals surface area contributed by atoms with Crippen LogP contribution in [-0.4, -0.2) is 0 Å². The van der Waals surface area contributed by atoms with Gasteiger partial charge < -0.3 is 4.42 Å².